The van der Waals surface area contributed by atoms with Gasteiger partial charge in [0.15, 0.2) is 0 Å². The third kappa shape index (κ3) is 4.55. The maximum absolute atomic E-state index is 12.4. The first kappa shape index (κ1) is 20.0. The molecule has 0 aliphatic carbocycles. The number of aromatic nitrogens is 3. The zero-order chi connectivity index (χ0) is 21.8. The van der Waals surface area contributed by atoms with Gasteiger partial charge in [-0.05, 0) is 41.0 Å². The number of rotatable bonds is 6. The Bertz CT molecular complexity index is 1350. The second-order valence-electron chi connectivity index (χ2n) is 7.30. The number of carbonyl (C=O) groups is 1. The molecule has 0 fully saturated rings. The summed E-state index contributed by atoms with van der Waals surface area (Å²) in [6.45, 7) is 0.456. The van der Waals surface area contributed by atoms with Gasteiger partial charge in [-0.2, -0.15) is 0 Å². The molecule has 0 saturated carbocycles. The first-order chi connectivity index (χ1) is 15.7. The molecule has 5 rings (SSSR count). The number of imidazole rings is 1. The van der Waals surface area contributed by atoms with Crippen LogP contribution in [0.25, 0.3) is 16.9 Å². The van der Waals surface area contributed by atoms with E-state index in [-0.39, 0.29) is 5.91 Å². The average Bonchev–Trinajstić information content (AvgIpc) is 3.32. The molecule has 5 aromatic rings. The van der Waals surface area contributed by atoms with Crippen LogP contribution in [0, 0.1) is 0 Å². The third-order valence-corrected chi connectivity index (χ3v) is 6.10. The molecule has 0 radical (unpaired) electrons. The summed E-state index contributed by atoms with van der Waals surface area (Å²) in [6, 6.07) is 27.2. The van der Waals surface area contributed by atoms with Crippen LogP contribution in [0.4, 0.5) is 0 Å². The van der Waals surface area contributed by atoms with Gasteiger partial charge in [0.05, 0.1) is 5.56 Å². The number of nitrogens with one attached hydrogen (secondary N) is 1. The number of hydrogen-bond acceptors (Lipinski definition) is 4. The fraction of sp³-hybridized carbons (Fsp3) is 0.0385. The molecule has 2 heterocycles. The Morgan fingerprint density at radius 2 is 1.53 bits per heavy atom. The highest BCUT2D eigenvalue weighted by Crippen LogP contribution is 2.30. The van der Waals surface area contributed by atoms with Crippen molar-refractivity contribution in [2.75, 3.05) is 0 Å². The molecule has 3 aromatic carbocycles. The Morgan fingerprint density at radius 1 is 0.844 bits per heavy atom. The fourth-order valence-electron chi connectivity index (χ4n) is 3.38. The molecule has 1 amide bonds. The van der Waals surface area contributed by atoms with E-state index in [2.05, 4.69) is 75.9 Å². The normalized spacial score (nSPS) is 10.9. The van der Waals surface area contributed by atoms with Gasteiger partial charge in [-0.15, -0.1) is 0 Å². The molecule has 0 bridgehead atoms. The highest BCUT2D eigenvalue weighted by Gasteiger charge is 2.08. The predicted molar refractivity (Wildman–Crippen MR) is 127 cm³/mol. The van der Waals surface area contributed by atoms with Crippen molar-refractivity contribution in [3.8, 4) is 11.1 Å². The second kappa shape index (κ2) is 9.08. The van der Waals surface area contributed by atoms with Crippen LogP contribution in [0.3, 0.4) is 0 Å². The summed E-state index contributed by atoms with van der Waals surface area (Å²) in [7, 11) is 0. The van der Waals surface area contributed by atoms with Crippen molar-refractivity contribution in [3.63, 3.8) is 0 Å². The standard InChI is InChI=1S/C26H20N4OS/c31-25(22-17-29-26-27-14-15-30(26)18-22)28-16-19-6-10-23(11-7-19)32-24-12-8-21(9-13-24)20-4-2-1-3-5-20/h1-15,17-18H,16H2,(H,28,31). The minimum Gasteiger partial charge on any atom is -0.348 e. The van der Waals surface area contributed by atoms with Gasteiger partial charge in [-0.25, -0.2) is 9.97 Å². The van der Waals surface area contributed by atoms with Gasteiger partial charge in [0, 0.05) is 41.1 Å². The number of nitrogens with zero attached hydrogens (tertiary/aromatic N) is 3. The van der Waals surface area contributed by atoms with Gasteiger partial charge in [0.2, 0.25) is 5.78 Å². The van der Waals surface area contributed by atoms with Crippen LogP contribution in [-0.4, -0.2) is 20.3 Å². The summed E-state index contributed by atoms with van der Waals surface area (Å²) in [5.74, 6) is 0.411. The van der Waals surface area contributed by atoms with Crippen LogP contribution in [-0.2, 0) is 6.54 Å². The molecule has 0 aliphatic rings. The second-order valence-corrected chi connectivity index (χ2v) is 8.44. The lowest BCUT2D eigenvalue weighted by molar-refractivity contribution is 0.0950. The summed E-state index contributed by atoms with van der Waals surface area (Å²) in [6.07, 6.45) is 6.69. The Balaban J connectivity index is 1.18. The van der Waals surface area contributed by atoms with Crippen molar-refractivity contribution in [3.05, 3.63) is 115 Å². The van der Waals surface area contributed by atoms with Crippen molar-refractivity contribution < 1.29 is 4.79 Å². The van der Waals surface area contributed by atoms with Gasteiger partial charge in [0.1, 0.15) is 0 Å². The van der Waals surface area contributed by atoms with E-state index in [1.54, 1.807) is 40.9 Å². The molecule has 0 saturated heterocycles. The van der Waals surface area contributed by atoms with E-state index in [9.17, 15) is 4.79 Å². The van der Waals surface area contributed by atoms with E-state index in [4.69, 9.17) is 0 Å². The molecule has 2 aromatic heterocycles. The summed E-state index contributed by atoms with van der Waals surface area (Å²) < 4.78 is 1.73. The summed E-state index contributed by atoms with van der Waals surface area (Å²) in [4.78, 5) is 23.0. The smallest absolute Gasteiger partial charge is 0.254 e. The number of fused-ring (bicyclic) bond motifs is 1. The molecule has 32 heavy (non-hydrogen) atoms. The van der Waals surface area contributed by atoms with Gasteiger partial charge in [-0.1, -0.05) is 66.4 Å². The molecule has 0 unspecified atom stereocenters. The first-order valence-electron chi connectivity index (χ1n) is 10.2. The van der Waals surface area contributed by atoms with Crippen molar-refractivity contribution in [2.24, 2.45) is 0 Å². The van der Waals surface area contributed by atoms with Crippen molar-refractivity contribution in [2.45, 2.75) is 16.3 Å². The maximum Gasteiger partial charge on any atom is 0.254 e. The highest BCUT2D eigenvalue weighted by molar-refractivity contribution is 7.99. The molecule has 6 heteroatoms. The fourth-order valence-corrected chi connectivity index (χ4v) is 4.19. The largest absolute Gasteiger partial charge is 0.348 e. The summed E-state index contributed by atoms with van der Waals surface area (Å²) in [5.41, 5.74) is 3.97. The molecule has 0 atom stereocenters. The molecule has 0 spiro atoms. The Labute approximate surface area is 190 Å². The highest BCUT2D eigenvalue weighted by atomic mass is 32.2. The van der Waals surface area contributed by atoms with Crippen LogP contribution in [0.1, 0.15) is 15.9 Å². The number of hydrogen-bond donors (Lipinski definition) is 1. The lowest BCUT2D eigenvalue weighted by Crippen LogP contribution is -2.23. The molecule has 0 aliphatic heterocycles. The Hall–Kier alpha value is -3.90. The van der Waals surface area contributed by atoms with Crippen LogP contribution < -0.4 is 5.32 Å². The van der Waals surface area contributed by atoms with Gasteiger partial charge in [-0.3, -0.25) is 9.20 Å². The topological polar surface area (TPSA) is 59.3 Å². The summed E-state index contributed by atoms with van der Waals surface area (Å²) in [5, 5.41) is 2.94. The summed E-state index contributed by atoms with van der Waals surface area (Å²) >= 11 is 1.72. The SMILES string of the molecule is O=C(NCc1ccc(Sc2ccc(-c3ccccc3)cc2)cc1)c1cnc2nccn2c1. The van der Waals surface area contributed by atoms with Crippen LogP contribution in [0.15, 0.2) is 113 Å². The van der Waals surface area contributed by atoms with E-state index < -0.39 is 0 Å². The van der Waals surface area contributed by atoms with Crippen LogP contribution >= 0.6 is 11.8 Å². The van der Waals surface area contributed by atoms with Crippen molar-refractivity contribution >= 4 is 23.4 Å². The van der Waals surface area contributed by atoms with Crippen LogP contribution in [0.2, 0.25) is 0 Å². The maximum atomic E-state index is 12.4. The number of carbonyl (C=O) groups excluding carboxylic acids is 1. The number of benzene rings is 3. The molecular formula is C26H20N4OS. The molecule has 1 N–H and O–H groups in total. The Kier molecular flexibility index (Phi) is 5.68. The molecular weight excluding hydrogens is 416 g/mol. The lowest BCUT2D eigenvalue weighted by atomic mass is 10.1. The Morgan fingerprint density at radius 3 is 2.28 bits per heavy atom. The zero-order valence-corrected chi connectivity index (χ0v) is 18.0. The quantitative estimate of drug-likeness (QED) is 0.383. The molecule has 5 nitrogen and oxygen atoms in total. The third-order valence-electron chi connectivity index (χ3n) is 5.08. The molecule has 156 valence electrons. The van der Waals surface area contributed by atoms with Crippen molar-refractivity contribution in [1.29, 1.82) is 0 Å². The van der Waals surface area contributed by atoms with Crippen molar-refractivity contribution in [1.82, 2.24) is 19.7 Å². The first-order valence-corrected chi connectivity index (χ1v) is 11.1. The van der Waals surface area contributed by atoms with E-state index in [1.165, 1.54) is 16.0 Å². The lowest BCUT2D eigenvalue weighted by Gasteiger charge is -2.08. The van der Waals surface area contributed by atoms with Gasteiger partial charge in [0.25, 0.3) is 5.91 Å². The monoisotopic (exact) mass is 436 g/mol. The van der Waals surface area contributed by atoms with Crippen LogP contribution in [0.5, 0.6) is 0 Å². The minimum atomic E-state index is -0.162. The van der Waals surface area contributed by atoms with E-state index in [1.807, 2.05) is 18.2 Å². The number of amides is 1. The van der Waals surface area contributed by atoms with Gasteiger partial charge >= 0.3 is 0 Å². The zero-order valence-electron chi connectivity index (χ0n) is 17.2. The van der Waals surface area contributed by atoms with E-state index >= 15 is 0 Å². The average molecular weight is 437 g/mol. The van der Waals surface area contributed by atoms with E-state index in [0.717, 1.165) is 10.5 Å². The van der Waals surface area contributed by atoms with Gasteiger partial charge < -0.3 is 5.32 Å². The van der Waals surface area contributed by atoms with E-state index in [0.29, 0.717) is 17.9 Å². The predicted octanol–water partition coefficient (Wildman–Crippen LogP) is 5.48. The minimum absolute atomic E-state index is 0.162.